The molecule has 2 aromatic rings. The first kappa shape index (κ1) is 22.4. The summed E-state index contributed by atoms with van der Waals surface area (Å²) in [6.07, 6.45) is 0. The van der Waals surface area contributed by atoms with Crippen LogP contribution in [0.1, 0.15) is 0 Å². The first-order chi connectivity index (χ1) is 12.4. The Morgan fingerprint density at radius 1 is 0.815 bits per heavy atom. The molecule has 0 radical (unpaired) electrons. The monoisotopic (exact) mass is 636 g/mol. The summed E-state index contributed by atoms with van der Waals surface area (Å²) < 4.78 is 108. The molecule has 0 saturated carbocycles. The van der Waals surface area contributed by atoms with Crippen LogP contribution in [0, 0.1) is 36.2 Å². The highest BCUT2D eigenvalue weighted by Gasteiger charge is 2.27. The highest BCUT2D eigenvalue weighted by Crippen LogP contribution is 2.30. The van der Waals surface area contributed by atoms with E-state index in [0.717, 1.165) is 0 Å². The van der Waals surface area contributed by atoms with Crippen LogP contribution in [-0.4, -0.2) is 26.2 Å². The molecule has 1 N–H and O–H groups in total. The number of hydrogen-bond donors (Lipinski definition) is 1. The van der Waals surface area contributed by atoms with Gasteiger partial charge in [-0.25, -0.2) is 13.2 Å². The van der Waals surface area contributed by atoms with Gasteiger partial charge in [0.25, 0.3) is 10.1 Å². The maximum Gasteiger partial charge on any atom is 0.296 e. The Kier molecular flexibility index (Phi) is 7.12. The van der Waals surface area contributed by atoms with Crippen molar-refractivity contribution in [2.24, 2.45) is 0 Å². The molecule has 2 rings (SSSR count). The molecule has 0 unspecified atom stereocenters. The average molecular weight is 636 g/mol. The topological polar surface area (TPSA) is 72.8 Å². The van der Waals surface area contributed by atoms with Gasteiger partial charge in [-0.1, -0.05) is 0 Å². The normalized spacial score (nSPS) is 11.6. The fraction of sp³-hybridized carbons (Fsp3) is 0.143. The molecule has 27 heavy (non-hydrogen) atoms. The molecule has 0 aliphatic carbocycles. The van der Waals surface area contributed by atoms with Gasteiger partial charge in [-0.15, -0.1) is 0 Å². The van der Waals surface area contributed by atoms with Crippen LogP contribution in [-0.2, 0) is 10.1 Å². The fourth-order valence-corrected chi connectivity index (χ4v) is 5.87. The SMILES string of the molecule is O=S(=O)(O)c1c(I)cc(OCCOc2c(F)c(F)c(F)c(F)c2F)cc1I. The van der Waals surface area contributed by atoms with Gasteiger partial charge in [0.15, 0.2) is 5.75 Å². The van der Waals surface area contributed by atoms with Crippen LogP contribution in [0.2, 0.25) is 0 Å². The summed E-state index contributed by atoms with van der Waals surface area (Å²) in [5.41, 5.74) is 0. The molecule has 0 aliphatic rings. The fourth-order valence-electron chi connectivity index (χ4n) is 1.88. The van der Waals surface area contributed by atoms with Crippen molar-refractivity contribution in [1.82, 2.24) is 0 Å². The van der Waals surface area contributed by atoms with E-state index in [1.165, 1.54) is 12.1 Å². The van der Waals surface area contributed by atoms with Crippen molar-refractivity contribution >= 4 is 55.3 Å². The van der Waals surface area contributed by atoms with E-state index in [2.05, 4.69) is 4.74 Å². The van der Waals surface area contributed by atoms with Gasteiger partial charge < -0.3 is 9.47 Å². The second-order valence-corrected chi connectivity index (χ2v) is 8.47. The molecule has 0 saturated heterocycles. The Labute approximate surface area is 176 Å². The summed E-state index contributed by atoms with van der Waals surface area (Å²) >= 11 is 3.31. The summed E-state index contributed by atoms with van der Waals surface area (Å²) in [6, 6.07) is 2.54. The molecular weight excluding hydrogens is 629 g/mol. The first-order valence-corrected chi connectivity index (χ1v) is 10.3. The molecule has 0 heterocycles. The Bertz CT molecular complexity index is 948. The number of ether oxygens (including phenoxy) is 2. The quantitative estimate of drug-likeness (QED) is 0.128. The average Bonchev–Trinajstić information content (AvgIpc) is 2.55. The highest BCUT2D eigenvalue weighted by atomic mass is 127. The Morgan fingerprint density at radius 2 is 1.22 bits per heavy atom. The summed E-state index contributed by atoms with van der Waals surface area (Å²) in [6.45, 7) is -0.914. The van der Waals surface area contributed by atoms with Crippen molar-refractivity contribution in [2.45, 2.75) is 4.90 Å². The van der Waals surface area contributed by atoms with Crippen LogP contribution in [0.25, 0.3) is 0 Å². The standard InChI is InChI=1S/C14H7F5I2O5S/c15-8-9(16)11(18)13(12(19)10(8)17)26-2-1-25-5-3-6(20)14(7(21)4-5)27(22,23)24/h3-4H,1-2H2,(H,22,23,24). The summed E-state index contributed by atoms with van der Waals surface area (Å²) in [4.78, 5) is -0.311. The van der Waals surface area contributed by atoms with Gasteiger partial charge in [-0.3, -0.25) is 4.55 Å². The molecule has 0 aliphatic heterocycles. The predicted molar refractivity (Wildman–Crippen MR) is 98.9 cm³/mol. The number of halogens is 7. The van der Waals surface area contributed by atoms with Crippen LogP contribution in [0.15, 0.2) is 17.0 Å². The summed E-state index contributed by atoms with van der Waals surface area (Å²) in [5, 5.41) is 0. The van der Waals surface area contributed by atoms with Crippen LogP contribution in [0.4, 0.5) is 22.0 Å². The first-order valence-electron chi connectivity index (χ1n) is 6.68. The molecule has 13 heteroatoms. The molecular formula is C14H7F5I2O5S. The van der Waals surface area contributed by atoms with E-state index in [4.69, 9.17) is 9.29 Å². The highest BCUT2D eigenvalue weighted by molar-refractivity contribution is 14.1. The van der Waals surface area contributed by atoms with Gasteiger partial charge >= 0.3 is 0 Å². The van der Waals surface area contributed by atoms with E-state index in [0.29, 0.717) is 0 Å². The minimum Gasteiger partial charge on any atom is -0.490 e. The molecule has 0 spiro atoms. The minimum atomic E-state index is -4.44. The molecule has 5 nitrogen and oxygen atoms in total. The van der Waals surface area contributed by atoms with Gasteiger partial charge in [0.2, 0.25) is 29.1 Å². The van der Waals surface area contributed by atoms with Crippen molar-refractivity contribution in [3.8, 4) is 11.5 Å². The second-order valence-electron chi connectivity index (χ2n) is 4.79. The van der Waals surface area contributed by atoms with E-state index < -0.39 is 51.6 Å². The zero-order valence-corrected chi connectivity index (χ0v) is 17.8. The zero-order valence-electron chi connectivity index (χ0n) is 12.7. The lowest BCUT2D eigenvalue weighted by Gasteiger charge is -2.12. The zero-order chi connectivity index (χ0) is 20.5. The van der Waals surface area contributed by atoms with Crippen molar-refractivity contribution in [2.75, 3.05) is 13.2 Å². The Morgan fingerprint density at radius 3 is 1.67 bits per heavy atom. The van der Waals surface area contributed by atoms with E-state index in [-0.39, 0.29) is 24.4 Å². The van der Waals surface area contributed by atoms with Gasteiger partial charge in [0.1, 0.15) is 23.9 Å². The minimum absolute atomic E-state index is 0.136. The molecule has 0 fully saturated rings. The molecule has 2 aromatic carbocycles. The maximum atomic E-state index is 13.4. The Hall–Kier alpha value is -0.940. The summed E-state index contributed by atoms with van der Waals surface area (Å²) in [7, 11) is -4.44. The van der Waals surface area contributed by atoms with E-state index in [9.17, 15) is 30.4 Å². The van der Waals surface area contributed by atoms with E-state index >= 15 is 0 Å². The molecule has 0 amide bonds. The van der Waals surface area contributed by atoms with Crippen LogP contribution < -0.4 is 9.47 Å². The number of hydrogen-bond acceptors (Lipinski definition) is 4. The lowest BCUT2D eigenvalue weighted by atomic mass is 10.2. The van der Waals surface area contributed by atoms with E-state index in [1.54, 1.807) is 45.2 Å². The molecule has 0 bridgehead atoms. The van der Waals surface area contributed by atoms with Crippen LogP contribution in [0.5, 0.6) is 11.5 Å². The predicted octanol–water partition coefficient (Wildman–Crippen LogP) is 4.30. The molecule has 0 aromatic heterocycles. The lowest BCUT2D eigenvalue weighted by Crippen LogP contribution is -2.13. The third kappa shape index (κ3) is 4.92. The van der Waals surface area contributed by atoms with Crippen LogP contribution in [0.3, 0.4) is 0 Å². The van der Waals surface area contributed by atoms with Crippen molar-refractivity contribution in [3.05, 3.63) is 48.4 Å². The second kappa shape index (κ2) is 8.60. The van der Waals surface area contributed by atoms with Crippen molar-refractivity contribution in [1.29, 1.82) is 0 Å². The number of rotatable bonds is 6. The molecule has 0 atom stereocenters. The van der Waals surface area contributed by atoms with Gasteiger partial charge in [0, 0.05) is 7.14 Å². The van der Waals surface area contributed by atoms with Gasteiger partial charge in [-0.05, 0) is 57.3 Å². The summed E-state index contributed by atoms with van der Waals surface area (Å²) in [5.74, 6) is -12.1. The van der Waals surface area contributed by atoms with Crippen molar-refractivity contribution < 1.29 is 44.4 Å². The van der Waals surface area contributed by atoms with Gasteiger partial charge in [0.05, 0.1) is 0 Å². The smallest absolute Gasteiger partial charge is 0.296 e. The number of benzene rings is 2. The van der Waals surface area contributed by atoms with Gasteiger partial charge in [-0.2, -0.15) is 17.2 Å². The van der Waals surface area contributed by atoms with E-state index in [1.807, 2.05) is 0 Å². The largest absolute Gasteiger partial charge is 0.490 e. The van der Waals surface area contributed by atoms with Crippen LogP contribution >= 0.6 is 45.2 Å². The third-order valence-corrected chi connectivity index (χ3v) is 6.39. The Balaban J connectivity index is 2.09. The van der Waals surface area contributed by atoms with Crippen molar-refractivity contribution in [3.63, 3.8) is 0 Å². The maximum absolute atomic E-state index is 13.4. The third-order valence-electron chi connectivity index (χ3n) is 3.00. The molecule has 148 valence electrons. The lowest BCUT2D eigenvalue weighted by molar-refractivity contribution is 0.198.